The fraction of sp³-hybridized carbons (Fsp3) is 0.188. The molecule has 0 fully saturated rings. The lowest BCUT2D eigenvalue weighted by atomic mass is 10.2. The summed E-state index contributed by atoms with van der Waals surface area (Å²) in [5, 5.41) is 2.81. The maximum atomic E-state index is 13.2. The molecule has 1 N–H and O–H groups in total. The number of thioether (sulfide) groups is 1. The summed E-state index contributed by atoms with van der Waals surface area (Å²) in [7, 11) is 1.54. The van der Waals surface area contributed by atoms with Gasteiger partial charge in [-0.2, -0.15) is 0 Å². The van der Waals surface area contributed by atoms with E-state index in [1.54, 1.807) is 13.2 Å². The lowest BCUT2D eigenvalue weighted by Crippen LogP contribution is -2.14. The predicted octanol–water partition coefficient (Wildman–Crippen LogP) is 4.47. The highest BCUT2D eigenvalue weighted by Gasteiger charge is 2.07. The molecule has 0 saturated carbocycles. The van der Waals surface area contributed by atoms with E-state index in [1.165, 1.54) is 23.9 Å². The SMILES string of the molecule is COc1ccc(F)cc1CSCC(=O)Nc1cccc(Br)c1. The van der Waals surface area contributed by atoms with Gasteiger partial charge in [-0.05, 0) is 36.4 Å². The maximum Gasteiger partial charge on any atom is 0.234 e. The molecule has 3 nitrogen and oxygen atoms in total. The third-order valence-corrected chi connectivity index (χ3v) is 4.32. The van der Waals surface area contributed by atoms with Crippen molar-refractivity contribution in [2.45, 2.75) is 5.75 Å². The van der Waals surface area contributed by atoms with Gasteiger partial charge in [0, 0.05) is 21.5 Å². The standard InChI is InChI=1S/C16H15BrFNO2S/c1-21-15-6-5-13(18)7-11(15)9-22-10-16(20)19-14-4-2-3-12(17)8-14/h2-8H,9-10H2,1H3,(H,19,20). The number of benzene rings is 2. The van der Waals surface area contributed by atoms with E-state index >= 15 is 0 Å². The second kappa shape index (κ2) is 8.19. The summed E-state index contributed by atoms with van der Waals surface area (Å²) in [6.07, 6.45) is 0. The number of carbonyl (C=O) groups is 1. The molecule has 2 aromatic carbocycles. The van der Waals surface area contributed by atoms with Gasteiger partial charge in [0.05, 0.1) is 12.9 Å². The molecule has 116 valence electrons. The van der Waals surface area contributed by atoms with Gasteiger partial charge in [0.25, 0.3) is 0 Å². The number of nitrogens with one attached hydrogen (secondary N) is 1. The highest BCUT2D eigenvalue weighted by Crippen LogP contribution is 2.24. The smallest absolute Gasteiger partial charge is 0.234 e. The van der Waals surface area contributed by atoms with Crippen LogP contribution in [0.3, 0.4) is 0 Å². The molecule has 22 heavy (non-hydrogen) atoms. The highest BCUT2D eigenvalue weighted by molar-refractivity contribution is 9.10. The lowest BCUT2D eigenvalue weighted by molar-refractivity contribution is -0.113. The molecule has 1 amide bonds. The van der Waals surface area contributed by atoms with Crippen molar-refractivity contribution in [2.75, 3.05) is 18.2 Å². The van der Waals surface area contributed by atoms with Crippen LogP contribution in [0.4, 0.5) is 10.1 Å². The summed E-state index contributed by atoms with van der Waals surface area (Å²) in [6, 6.07) is 11.8. The molecule has 0 aromatic heterocycles. The van der Waals surface area contributed by atoms with Gasteiger partial charge >= 0.3 is 0 Å². The van der Waals surface area contributed by atoms with Crippen LogP contribution in [0.25, 0.3) is 0 Å². The van der Waals surface area contributed by atoms with Crippen LogP contribution in [0.15, 0.2) is 46.9 Å². The van der Waals surface area contributed by atoms with Gasteiger partial charge in [-0.3, -0.25) is 4.79 Å². The molecule has 2 aromatic rings. The van der Waals surface area contributed by atoms with E-state index in [0.29, 0.717) is 11.5 Å². The zero-order valence-corrected chi connectivity index (χ0v) is 14.3. The molecule has 0 spiro atoms. The average Bonchev–Trinajstić information content (AvgIpc) is 2.47. The molecule has 0 atom stereocenters. The fourth-order valence-electron chi connectivity index (χ4n) is 1.88. The fourth-order valence-corrected chi connectivity index (χ4v) is 3.08. The first-order valence-corrected chi connectivity index (χ1v) is 8.49. The summed E-state index contributed by atoms with van der Waals surface area (Å²) in [5.74, 6) is 1.01. The van der Waals surface area contributed by atoms with Crippen molar-refractivity contribution in [1.82, 2.24) is 0 Å². The summed E-state index contributed by atoms with van der Waals surface area (Å²) < 4.78 is 19.3. The summed E-state index contributed by atoms with van der Waals surface area (Å²) in [4.78, 5) is 11.9. The quantitative estimate of drug-likeness (QED) is 0.799. The van der Waals surface area contributed by atoms with Gasteiger partial charge in [-0.1, -0.05) is 22.0 Å². The minimum Gasteiger partial charge on any atom is -0.496 e. The zero-order valence-electron chi connectivity index (χ0n) is 11.9. The van der Waals surface area contributed by atoms with Crippen molar-refractivity contribution in [3.63, 3.8) is 0 Å². The average molecular weight is 384 g/mol. The van der Waals surface area contributed by atoms with Crippen molar-refractivity contribution in [2.24, 2.45) is 0 Å². The lowest BCUT2D eigenvalue weighted by Gasteiger charge is -2.09. The Morgan fingerprint density at radius 2 is 2.14 bits per heavy atom. The molecule has 0 aliphatic carbocycles. The van der Waals surface area contributed by atoms with E-state index in [0.717, 1.165) is 15.7 Å². The number of rotatable bonds is 6. The van der Waals surface area contributed by atoms with Crippen LogP contribution in [0.1, 0.15) is 5.56 Å². The van der Waals surface area contributed by atoms with Gasteiger partial charge in [0.1, 0.15) is 11.6 Å². The van der Waals surface area contributed by atoms with Crippen molar-refractivity contribution < 1.29 is 13.9 Å². The van der Waals surface area contributed by atoms with Crippen LogP contribution in [0, 0.1) is 5.82 Å². The molecular weight excluding hydrogens is 369 g/mol. The van der Waals surface area contributed by atoms with Gasteiger partial charge in [0.15, 0.2) is 0 Å². The Morgan fingerprint density at radius 1 is 1.32 bits per heavy atom. The zero-order chi connectivity index (χ0) is 15.9. The Morgan fingerprint density at radius 3 is 2.86 bits per heavy atom. The number of halogens is 2. The van der Waals surface area contributed by atoms with Gasteiger partial charge in [-0.15, -0.1) is 11.8 Å². The molecule has 0 unspecified atom stereocenters. The number of hydrogen-bond acceptors (Lipinski definition) is 3. The molecule has 0 saturated heterocycles. The molecular formula is C16H15BrFNO2S. The molecule has 0 aliphatic rings. The second-order valence-corrected chi connectivity index (χ2v) is 6.41. The first kappa shape index (κ1) is 16.8. The van der Waals surface area contributed by atoms with Gasteiger partial charge in [-0.25, -0.2) is 4.39 Å². The maximum absolute atomic E-state index is 13.2. The first-order valence-electron chi connectivity index (χ1n) is 6.54. The highest BCUT2D eigenvalue weighted by atomic mass is 79.9. The van der Waals surface area contributed by atoms with Crippen LogP contribution in [-0.4, -0.2) is 18.8 Å². The summed E-state index contributed by atoms with van der Waals surface area (Å²) >= 11 is 4.76. The van der Waals surface area contributed by atoms with Crippen LogP contribution in [0.2, 0.25) is 0 Å². The molecule has 6 heteroatoms. The van der Waals surface area contributed by atoms with Crippen molar-refractivity contribution in [1.29, 1.82) is 0 Å². The molecule has 2 rings (SSSR count). The van der Waals surface area contributed by atoms with Crippen LogP contribution in [-0.2, 0) is 10.5 Å². The Kier molecular flexibility index (Phi) is 6.27. The largest absolute Gasteiger partial charge is 0.496 e. The Balaban J connectivity index is 1.86. The van der Waals surface area contributed by atoms with Crippen LogP contribution < -0.4 is 10.1 Å². The van der Waals surface area contributed by atoms with Crippen molar-refractivity contribution >= 4 is 39.3 Å². The van der Waals surface area contributed by atoms with E-state index in [1.807, 2.05) is 24.3 Å². The number of hydrogen-bond donors (Lipinski definition) is 1. The Bertz CT molecular complexity index is 666. The number of amides is 1. The third kappa shape index (κ3) is 5.03. The number of carbonyl (C=O) groups excluding carboxylic acids is 1. The van der Waals surface area contributed by atoms with E-state index in [4.69, 9.17) is 4.74 Å². The summed E-state index contributed by atoms with van der Waals surface area (Å²) in [6.45, 7) is 0. The minimum atomic E-state index is -0.310. The van der Waals surface area contributed by atoms with Crippen molar-refractivity contribution in [3.05, 3.63) is 58.3 Å². The second-order valence-electron chi connectivity index (χ2n) is 4.51. The monoisotopic (exact) mass is 383 g/mol. The molecule has 0 heterocycles. The van der Waals surface area contributed by atoms with Crippen molar-refractivity contribution in [3.8, 4) is 5.75 Å². The van der Waals surface area contributed by atoms with E-state index in [-0.39, 0.29) is 17.5 Å². The van der Waals surface area contributed by atoms with E-state index in [2.05, 4.69) is 21.2 Å². The topological polar surface area (TPSA) is 38.3 Å². The number of ether oxygens (including phenoxy) is 1. The minimum absolute atomic E-state index is 0.0986. The summed E-state index contributed by atoms with van der Waals surface area (Å²) in [5.41, 5.74) is 1.48. The number of methoxy groups -OCH3 is 1. The van der Waals surface area contributed by atoms with E-state index < -0.39 is 0 Å². The molecule has 0 aliphatic heterocycles. The van der Waals surface area contributed by atoms with E-state index in [9.17, 15) is 9.18 Å². The van der Waals surface area contributed by atoms with Gasteiger partial charge in [0.2, 0.25) is 5.91 Å². The normalized spacial score (nSPS) is 10.3. The van der Waals surface area contributed by atoms with Gasteiger partial charge < -0.3 is 10.1 Å². The first-order chi connectivity index (χ1) is 10.6. The third-order valence-electron chi connectivity index (χ3n) is 2.84. The number of anilines is 1. The molecule has 0 bridgehead atoms. The Hall–Kier alpha value is -1.53. The predicted molar refractivity (Wildman–Crippen MR) is 91.9 cm³/mol. The van der Waals surface area contributed by atoms with Crippen LogP contribution in [0.5, 0.6) is 5.75 Å². The molecule has 0 radical (unpaired) electrons. The van der Waals surface area contributed by atoms with Crippen LogP contribution >= 0.6 is 27.7 Å². The Labute approximate surface area is 141 Å².